The van der Waals surface area contributed by atoms with Gasteiger partial charge in [-0.15, -0.1) is 10.2 Å². The van der Waals surface area contributed by atoms with E-state index in [0.29, 0.717) is 6.54 Å². The fourth-order valence-corrected chi connectivity index (χ4v) is 2.45. The molecule has 1 N–H and O–H groups in total. The zero-order chi connectivity index (χ0) is 13.7. The number of aromatic nitrogens is 3. The maximum absolute atomic E-state index is 12.1. The van der Waals surface area contributed by atoms with E-state index in [1.807, 2.05) is 18.5 Å². The number of likely N-dealkylation sites (tertiary alicyclic amines) is 1. The predicted octanol–water partition coefficient (Wildman–Crippen LogP) is 0.348. The van der Waals surface area contributed by atoms with Crippen molar-refractivity contribution in [1.29, 1.82) is 0 Å². The van der Waals surface area contributed by atoms with Crippen LogP contribution in [-0.4, -0.2) is 51.2 Å². The molecular formula is C13H23N5O. The number of aryl methyl sites for hydroxylation is 1. The fraction of sp³-hybridized carbons (Fsp3) is 0.769. The molecule has 1 fully saturated rings. The average Bonchev–Trinajstić information content (AvgIpc) is 2.84. The number of hydrogen-bond donors (Lipinski definition) is 1. The SMILES string of the molecule is CC(C(=O)NCCc1nncn1C)N1CCCCC1. The lowest BCUT2D eigenvalue weighted by Crippen LogP contribution is -2.47. The molecule has 0 aromatic carbocycles. The molecule has 1 aliphatic rings. The van der Waals surface area contributed by atoms with Crippen LogP contribution in [0.15, 0.2) is 6.33 Å². The average molecular weight is 265 g/mol. The Bertz CT molecular complexity index is 411. The highest BCUT2D eigenvalue weighted by Crippen LogP contribution is 2.11. The van der Waals surface area contributed by atoms with Crippen LogP contribution in [0.4, 0.5) is 0 Å². The van der Waals surface area contributed by atoms with Crippen LogP contribution < -0.4 is 5.32 Å². The summed E-state index contributed by atoms with van der Waals surface area (Å²) in [5.74, 6) is 1.01. The van der Waals surface area contributed by atoms with E-state index in [9.17, 15) is 4.79 Å². The van der Waals surface area contributed by atoms with Gasteiger partial charge in [0.25, 0.3) is 0 Å². The maximum atomic E-state index is 12.1. The summed E-state index contributed by atoms with van der Waals surface area (Å²) in [6.07, 6.45) is 6.09. The Morgan fingerprint density at radius 1 is 1.42 bits per heavy atom. The van der Waals surface area contributed by atoms with Crippen LogP contribution in [0.5, 0.6) is 0 Å². The minimum atomic E-state index is -0.0280. The molecule has 19 heavy (non-hydrogen) atoms. The van der Waals surface area contributed by atoms with Crippen molar-refractivity contribution >= 4 is 5.91 Å². The number of nitrogens with zero attached hydrogens (tertiary/aromatic N) is 4. The molecule has 0 spiro atoms. The molecule has 6 nitrogen and oxygen atoms in total. The van der Waals surface area contributed by atoms with Crippen molar-refractivity contribution in [1.82, 2.24) is 25.0 Å². The van der Waals surface area contributed by atoms with Gasteiger partial charge < -0.3 is 9.88 Å². The first kappa shape index (κ1) is 14.0. The highest BCUT2D eigenvalue weighted by molar-refractivity contribution is 5.81. The van der Waals surface area contributed by atoms with Gasteiger partial charge in [0.2, 0.25) is 5.91 Å². The van der Waals surface area contributed by atoms with Gasteiger partial charge in [-0.1, -0.05) is 6.42 Å². The summed E-state index contributed by atoms with van der Waals surface area (Å²) >= 11 is 0. The van der Waals surface area contributed by atoms with Crippen LogP contribution in [0, 0.1) is 0 Å². The molecule has 2 heterocycles. The second kappa shape index (κ2) is 6.65. The molecular weight excluding hydrogens is 242 g/mol. The van der Waals surface area contributed by atoms with Gasteiger partial charge in [0.05, 0.1) is 6.04 Å². The molecule has 0 radical (unpaired) electrons. The number of piperidine rings is 1. The number of carbonyl (C=O) groups excluding carboxylic acids is 1. The Morgan fingerprint density at radius 2 is 2.16 bits per heavy atom. The topological polar surface area (TPSA) is 63.1 Å². The molecule has 0 bridgehead atoms. The molecule has 2 rings (SSSR count). The summed E-state index contributed by atoms with van der Waals surface area (Å²) in [5, 5.41) is 10.8. The Morgan fingerprint density at radius 3 is 2.79 bits per heavy atom. The van der Waals surface area contributed by atoms with E-state index in [1.54, 1.807) is 6.33 Å². The smallest absolute Gasteiger partial charge is 0.237 e. The van der Waals surface area contributed by atoms with Crippen LogP contribution in [0.1, 0.15) is 32.0 Å². The maximum Gasteiger partial charge on any atom is 0.237 e. The quantitative estimate of drug-likeness (QED) is 0.834. The first-order valence-electron chi connectivity index (χ1n) is 7.03. The van der Waals surface area contributed by atoms with E-state index < -0.39 is 0 Å². The summed E-state index contributed by atoms with van der Waals surface area (Å²) in [7, 11) is 1.91. The molecule has 1 saturated heterocycles. The third kappa shape index (κ3) is 3.76. The molecule has 1 aromatic heterocycles. The molecule has 0 saturated carbocycles. The Labute approximate surface area is 114 Å². The third-order valence-electron chi connectivity index (χ3n) is 3.77. The summed E-state index contributed by atoms with van der Waals surface area (Å²) in [5.41, 5.74) is 0. The number of nitrogens with one attached hydrogen (secondary N) is 1. The van der Waals surface area contributed by atoms with Gasteiger partial charge in [0, 0.05) is 20.0 Å². The largest absolute Gasteiger partial charge is 0.354 e. The minimum absolute atomic E-state index is 0.0280. The predicted molar refractivity (Wildman–Crippen MR) is 72.6 cm³/mol. The summed E-state index contributed by atoms with van der Waals surface area (Å²) in [6, 6.07) is -0.0280. The third-order valence-corrected chi connectivity index (χ3v) is 3.77. The van der Waals surface area contributed by atoms with Gasteiger partial charge in [0.1, 0.15) is 12.2 Å². The second-order valence-electron chi connectivity index (χ2n) is 5.17. The van der Waals surface area contributed by atoms with Crippen molar-refractivity contribution in [3.63, 3.8) is 0 Å². The van der Waals surface area contributed by atoms with E-state index in [1.165, 1.54) is 19.3 Å². The van der Waals surface area contributed by atoms with Gasteiger partial charge in [-0.3, -0.25) is 9.69 Å². The first-order chi connectivity index (χ1) is 9.18. The molecule has 1 aliphatic heterocycles. The molecule has 106 valence electrons. The zero-order valence-electron chi connectivity index (χ0n) is 11.8. The summed E-state index contributed by atoms with van der Waals surface area (Å²) in [4.78, 5) is 14.3. The molecule has 1 amide bonds. The van der Waals surface area contributed by atoms with Crippen molar-refractivity contribution in [3.05, 3.63) is 12.2 Å². The molecule has 0 aliphatic carbocycles. The monoisotopic (exact) mass is 265 g/mol. The molecule has 1 atom stereocenters. The van der Waals surface area contributed by atoms with E-state index in [0.717, 1.165) is 25.3 Å². The fourth-order valence-electron chi connectivity index (χ4n) is 2.45. The van der Waals surface area contributed by atoms with E-state index in [-0.39, 0.29) is 11.9 Å². The van der Waals surface area contributed by atoms with Gasteiger partial charge in [0.15, 0.2) is 0 Å². The first-order valence-corrected chi connectivity index (χ1v) is 7.03. The standard InChI is InChI=1S/C13H23N5O/c1-11(18-8-4-3-5-9-18)13(19)14-7-6-12-16-15-10-17(12)2/h10-11H,3-9H2,1-2H3,(H,14,19). The minimum Gasteiger partial charge on any atom is -0.354 e. The van der Waals surface area contributed by atoms with Crippen molar-refractivity contribution in [3.8, 4) is 0 Å². The summed E-state index contributed by atoms with van der Waals surface area (Å²) in [6.45, 7) is 4.68. The number of carbonyl (C=O) groups is 1. The van der Waals surface area contributed by atoms with Gasteiger partial charge in [-0.25, -0.2) is 0 Å². The normalized spacial score (nSPS) is 18.2. The van der Waals surface area contributed by atoms with E-state index in [2.05, 4.69) is 20.4 Å². The Hall–Kier alpha value is -1.43. The van der Waals surface area contributed by atoms with Gasteiger partial charge >= 0.3 is 0 Å². The van der Waals surface area contributed by atoms with Gasteiger partial charge in [-0.2, -0.15) is 0 Å². The lowest BCUT2D eigenvalue weighted by atomic mass is 10.1. The van der Waals surface area contributed by atoms with Crippen LogP contribution in [0.25, 0.3) is 0 Å². The number of amides is 1. The lowest BCUT2D eigenvalue weighted by Gasteiger charge is -2.31. The van der Waals surface area contributed by atoms with Crippen LogP contribution in [-0.2, 0) is 18.3 Å². The Balaban J connectivity index is 1.73. The van der Waals surface area contributed by atoms with Crippen LogP contribution in [0.2, 0.25) is 0 Å². The van der Waals surface area contributed by atoms with Gasteiger partial charge in [-0.05, 0) is 32.9 Å². The van der Waals surface area contributed by atoms with Crippen LogP contribution in [0.3, 0.4) is 0 Å². The molecule has 6 heteroatoms. The highest BCUT2D eigenvalue weighted by Gasteiger charge is 2.22. The molecule has 1 aromatic rings. The van der Waals surface area contributed by atoms with Crippen LogP contribution >= 0.6 is 0 Å². The highest BCUT2D eigenvalue weighted by atomic mass is 16.2. The van der Waals surface area contributed by atoms with Crippen molar-refractivity contribution in [2.75, 3.05) is 19.6 Å². The van der Waals surface area contributed by atoms with Crippen molar-refractivity contribution < 1.29 is 4.79 Å². The van der Waals surface area contributed by atoms with E-state index >= 15 is 0 Å². The lowest BCUT2D eigenvalue weighted by molar-refractivity contribution is -0.126. The zero-order valence-corrected chi connectivity index (χ0v) is 11.8. The van der Waals surface area contributed by atoms with Crippen molar-refractivity contribution in [2.24, 2.45) is 7.05 Å². The van der Waals surface area contributed by atoms with E-state index in [4.69, 9.17) is 0 Å². The summed E-state index contributed by atoms with van der Waals surface area (Å²) < 4.78 is 1.88. The van der Waals surface area contributed by atoms with Crippen molar-refractivity contribution in [2.45, 2.75) is 38.6 Å². The number of rotatable bonds is 5. The Kier molecular flexibility index (Phi) is 4.90. The second-order valence-corrected chi connectivity index (χ2v) is 5.17. The number of hydrogen-bond acceptors (Lipinski definition) is 4. The molecule has 1 unspecified atom stereocenters.